The molecule has 0 aliphatic carbocycles. The molecule has 138 valence electrons. The van der Waals surface area contributed by atoms with E-state index in [-0.39, 0.29) is 5.91 Å². The largest absolute Gasteiger partial charge is 0.347 e. The molecule has 0 spiro atoms. The standard InChI is InChI=1S/C22H24N4O/c1-4-17-11-7-9-16(3)21(17)26-20-14-23-19(13-24-20)22(27)25-12-18-10-6-5-8-15(18)2/h5-11,13-14H,4,12H2,1-3H3,(H,24,26)(H,25,27). The van der Waals surface area contributed by atoms with Crippen LogP contribution in [0.1, 0.15) is 39.7 Å². The maximum atomic E-state index is 12.3. The molecule has 27 heavy (non-hydrogen) atoms. The molecule has 0 aliphatic rings. The first kappa shape index (κ1) is 18.6. The fourth-order valence-electron chi connectivity index (χ4n) is 2.91. The van der Waals surface area contributed by atoms with E-state index in [1.54, 1.807) is 6.20 Å². The number of carbonyl (C=O) groups is 1. The van der Waals surface area contributed by atoms with Crippen LogP contribution in [-0.2, 0) is 13.0 Å². The van der Waals surface area contributed by atoms with E-state index in [9.17, 15) is 4.79 Å². The van der Waals surface area contributed by atoms with Crippen LogP contribution in [0.15, 0.2) is 54.9 Å². The maximum Gasteiger partial charge on any atom is 0.271 e. The zero-order valence-corrected chi connectivity index (χ0v) is 15.9. The minimum atomic E-state index is -0.234. The average molecular weight is 360 g/mol. The molecule has 5 heteroatoms. The summed E-state index contributed by atoms with van der Waals surface area (Å²) in [5.74, 6) is 0.386. The van der Waals surface area contributed by atoms with Crippen molar-refractivity contribution in [1.29, 1.82) is 0 Å². The number of aromatic nitrogens is 2. The number of aryl methyl sites for hydroxylation is 3. The Kier molecular flexibility index (Phi) is 5.81. The van der Waals surface area contributed by atoms with Crippen LogP contribution >= 0.6 is 0 Å². The summed E-state index contributed by atoms with van der Waals surface area (Å²) in [6.45, 7) is 6.67. The number of hydrogen-bond donors (Lipinski definition) is 2. The molecule has 1 aromatic heterocycles. The van der Waals surface area contributed by atoms with Crippen LogP contribution in [0.2, 0.25) is 0 Å². The van der Waals surface area contributed by atoms with Gasteiger partial charge in [0.2, 0.25) is 0 Å². The van der Waals surface area contributed by atoms with E-state index < -0.39 is 0 Å². The van der Waals surface area contributed by atoms with Crippen LogP contribution in [-0.4, -0.2) is 15.9 Å². The van der Waals surface area contributed by atoms with Gasteiger partial charge in [-0.2, -0.15) is 0 Å². The quantitative estimate of drug-likeness (QED) is 0.687. The van der Waals surface area contributed by atoms with Gasteiger partial charge in [0, 0.05) is 12.2 Å². The lowest BCUT2D eigenvalue weighted by molar-refractivity contribution is 0.0945. The summed E-state index contributed by atoms with van der Waals surface area (Å²) in [7, 11) is 0. The van der Waals surface area contributed by atoms with Crippen molar-refractivity contribution in [3.05, 3.63) is 82.8 Å². The molecular weight excluding hydrogens is 336 g/mol. The molecule has 0 saturated carbocycles. The Morgan fingerprint density at radius 3 is 2.37 bits per heavy atom. The highest BCUT2D eigenvalue weighted by atomic mass is 16.1. The molecule has 0 saturated heterocycles. The zero-order chi connectivity index (χ0) is 19.2. The Hall–Kier alpha value is -3.21. The molecule has 1 heterocycles. The summed E-state index contributed by atoms with van der Waals surface area (Å²) in [6, 6.07) is 14.2. The fourth-order valence-corrected chi connectivity index (χ4v) is 2.91. The van der Waals surface area contributed by atoms with Gasteiger partial charge in [-0.1, -0.05) is 49.4 Å². The van der Waals surface area contributed by atoms with E-state index in [4.69, 9.17) is 0 Å². The second-order valence-electron chi connectivity index (χ2n) is 6.48. The van der Waals surface area contributed by atoms with Crippen LogP contribution in [0.3, 0.4) is 0 Å². The van der Waals surface area contributed by atoms with Gasteiger partial charge in [0.05, 0.1) is 12.4 Å². The van der Waals surface area contributed by atoms with Gasteiger partial charge in [-0.05, 0) is 42.5 Å². The monoisotopic (exact) mass is 360 g/mol. The third kappa shape index (κ3) is 4.50. The summed E-state index contributed by atoms with van der Waals surface area (Å²) < 4.78 is 0. The maximum absolute atomic E-state index is 12.3. The first-order valence-electron chi connectivity index (χ1n) is 9.08. The second-order valence-corrected chi connectivity index (χ2v) is 6.48. The summed E-state index contributed by atoms with van der Waals surface area (Å²) in [5, 5.41) is 6.21. The molecule has 0 unspecified atom stereocenters. The number of rotatable bonds is 6. The summed E-state index contributed by atoms with van der Waals surface area (Å²) in [5.41, 5.74) is 5.95. The number of anilines is 2. The molecule has 3 rings (SSSR count). The Bertz CT molecular complexity index is 935. The molecule has 3 aromatic rings. The molecule has 1 amide bonds. The summed E-state index contributed by atoms with van der Waals surface area (Å²) in [4.78, 5) is 20.9. The SMILES string of the molecule is CCc1cccc(C)c1Nc1cnc(C(=O)NCc2ccccc2C)cn1. The van der Waals surface area contributed by atoms with Gasteiger partial charge in [-0.3, -0.25) is 4.79 Å². The van der Waals surface area contributed by atoms with Gasteiger partial charge < -0.3 is 10.6 Å². The molecular formula is C22H24N4O. The molecule has 0 aliphatic heterocycles. The van der Waals surface area contributed by atoms with Crippen molar-refractivity contribution < 1.29 is 4.79 Å². The highest BCUT2D eigenvalue weighted by Gasteiger charge is 2.10. The van der Waals surface area contributed by atoms with Crippen molar-refractivity contribution in [2.45, 2.75) is 33.7 Å². The van der Waals surface area contributed by atoms with Crippen LogP contribution in [0.4, 0.5) is 11.5 Å². The number of para-hydroxylation sites is 1. The van der Waals surface area contributed by atoms with E-state index in [2.05, 4.69) is 46.6 Å². The molecule has 5 nitrogen and oxygen atoms in total. The van der Waals surface area contributed by atoms with Crippen molar-refractivity contribution in [2.75, 3.05) is 5.32 Å². The van der Waals surface area contributed by atoms with Gasteiger partial charge in [-0.15, -0.1) is 0 Å². The third-order valence-corrected chi connectivity index (χ3v) is 4.58. The molecule has 0 fully saturated rings. The number of benzene rings is 2. The van der Waals surface area contributed by atoms with Crippen molar-refractivity contribution in [2.24, 2.45) is 0 Å². The zero-order valence-electron chi connectivity index (χ0n) is 15.9. The van der Waals surface area contributed by atoms with Crippen LogP contribution < -0.4 is 10.6 Å². The van der Waals surface area contributed by atoms with Gasteiger partial charge in [0.1, 0.15) is 11.5 Å². The van der Waals surface area contributed by atoms with E-state index >= 15 is 0 Å². The van der Waals surface area contributed by atoms with Crippen molar-refractivity contribution >= 4 is 17.4 Å². The highest BCUT2D eigenvalue weighted by Crippen LogP contribution is 2.24. The van der Waals surface area contributed by atoms with E-state index in [0.717, 1.165) is 28.8 Å². The normalized spacial score (nSPS) is 10.5. The molecule has 0 bridgehead atoms. The Balaban J connectivity index is 1.67. The molecule has 0 atom stereocenters. The number of amides is 1. The minimum absolute atomic E-state index is 0.234. The first-order chi connectivity index (χ1) is 13.1. The van der Waals surface area contributed by atoms with Crippen molar-refractivity contribution in [1.82, 2.24) is 15.3 Å². The third-order valence-electron chi connectivity index (χ3n) is 4.58. The predicted molar refractivity (Wildman–Crippen MR) is 108 cm³/mol. The van der Waals surface area contributed by atoms with Gasteiger partial charge in [0.15, 0.2) is 0 Å². The summed E-state index contributed by atoms with van der Waals surface area (Å²) in [6.07, 6.45) is 4.02. The van der Waals surface area contributed by atoms with Crippen LogP contribution in [0.5, 0.6) is 0 Å². The van der Waals surface area contributed by atoms with E-state index in [0.29, 0.717) is 18.1 Å². The predicted octanol–water partition coefficient (Wildman–Crippen LogP) is 4.33. The number of hydrogen-bond acceptors (Lipinski definition) is 4. The fraction of sp³-hybridized carbons (Fsp3) is 0.227. The van der Waals surface area contributed by atoms with Gasteiger partial charge in [-0.25, -0.2) is 9.97 Å². The molecule has 2 N–H and O–H groups in total. The lowest BCUT2D eigenvalue weighted by Crippen LogP contribution is -2.24. The van der Waals surface area contributed by atoms with Crippen LogP contribution in [0.25, 0.3) is 0 Å². The Labute approximate surface area is 159 Å². The Morgan fingerprint density at radius 2 is 1.67 bits per heavy atom. The minimum Gasteiger partial charge on any atom is -0.347 e. The van der Waals surface area contributed by atoms with E-state index in [1.807, 2.05) is 37.3 Å². The highest BCUT2D eigenvalue weighted by molar-refractivity contribution is 5.92. The van der Waals surface area contributed by atoms with E-state index in [1.165, 1.54) is 11.8 Å². The topological polar surface area (TPSA) is 66.9 Å². The lowest BCUT2D eigenvalue weighted by Gasteiger charge is -2.13. The molecule has 0 radical (unpaired) electrons. The van der Waals surface area contributed by atoms with Gasteiger partial charge in [0.25, 0.3) is 5.91 Å². The lowest BCUT2D eigenvalue weighted by atomic mass is 10.1. The first-order valence-corrected chi connectivity index (χ1v) is 9.08. The summed E-state index contributed by atoms with van der Waals surface area (Å²) >= 11 is 0. The second kappa shape index (κ2) is 8.45. The number of carbonyl (C=O) groups excluding carboxylic acids is 1. The van der Waals surface area contributed by atoms with Crippen molar-refractivity contribution in [3.63, 3.8) is 0 Å². The van der Waals surface area contributed by atoms with Crippen LogP contribution in [0, 0.1) is 13.8 Å². The number of nitrogens with zero attached hydrogens (tertiary/aromatic N) is 2. The van der Waals surface area contributed by atoms with Crippen molar-refractivity contribution in [3.8, 4) is 0 Å². The number of nitrogens with one attached hydrogen (secondary N) is 2. The smallest absolute Gasteiger partial charge is 0.271 e. The Morgan fingerprint density at radius 1 is 0.926 bits per heavy atom. The molecule has 2 aromatic carbocycles. The average Bonchev–Trinajstić information content (AvgIpc) is 2.69. The van der Waals surface area contributed by atoms with Gasteiger partial charge >= 0.3 is 0 Å².